The Bertz CT molecular complexity index is 616. The van der Waals surface area contributed by atoms with Gasteiger partial charge in [0.2, 0.25) is 0 Å². The van der Waals surface area contributed by atoms with Crippen LogP contribution < -0.4 is 0 Å². The van der Waals surface area contributed by atoms with Crippen molar-refractivity contribution in [2.45, 2.75) is 26.2 Å². The van der Waals surface area contributed by atoms with Crippen molar-refractivity contribution >= 4 is 22.5 Å². The minimum Gasteiger partial charge on any atom is -0.466 e. The second-order valence-electron chi connectivity index (χ2n) is 4.71. The van der Waals surface area contributed by atoms with Crippen molar-refractivity contribution in [3.8, 4) is 0 Å². The van der Waals surface area contributed by atoms with Gasteiger partial charge in [0.1, 0.15) is 0 Å². The summed E-state index contributed by atoms with van der Waals surface area (Å²) in [6.07, 6.45) is 1.14. The summed E-state index contributed by atoms with van der Waals surface area (Å²) in [5.41, 5.74) is 0.645. The summed E-state index contributed by atoms with van der Waals surface area (Å²) in [7, 11) is 0. The van der Waals surface area contributed by atoms with E-state index in [-0.39, 0.29) is 24.6 Å². The van der Waals surface area contributed by atoms with Gasteiger partial charge in [-0.05, 0) is 23.3 Å². The number of hydrogen-bond donors (Lipinski definition) is 0. The lowest BCUT2D eigenvalue weighted by molar-refractivity contribution is -0.143. The quantitative estimate of drug-likeness (QED) is 0.593. The number of ketones is 1. The number of carbonyl (C=O) groups is 2. The molecule has 0 saturated carbocycles. The Kier molecular flexibility index (Phi) is 4.88. The van der Waals surface area contributed by atoms with E-state index in [0.29, 0.717) is 12.2 Å². The van der Waals surface area contributed by atoms with Gasteiger partial charge in [-0.3, -0.25) is 9.59 Å². The number of carbonyl (C=O) groups excluding carboxylic acids is 2. The molecule has 0 heterocycles. The zero-order valence-corrected chi connectivity index (χ0v) is 11.6. The third kappa shape index (κ3) is 3.67. The van der Waals surface area contributed by atoms with Crippen LogP contribution in [-0.2, 0) is 9.53 Å². The monoisotopic (exact) mass is 270 g/mol. The van der Waals surface area contributed by atoms with Crippen LogP contribution in [0, 0.1) is 0 Å². The number of benzene rings is 2. The highest BCUT2D eigenvalue weighted by Crippen LogP contribution is 2.17. The van der Waals surface area contributed by atoms with Crippen molar-refractivity contribution < 1.29 is 14.3 Å². The van der Waals surface area contributed by atoms with Gasteiger partial charge in [-0.2, -0.15) is 0 Å². The van der Waals surface area contributed by atoms with Crippen LogP contribution in [0.5, 0.6) is 0 Å². The average Bonchev–Trinajstić information content (AvgIpc) is 2.50. The topological polar surface area (TPSA) is 43.4 Å². The standard InChI is InChI=1S/C17H18O3/c1-2-11-20-17(19)10-9-16(18)15-8-7-13-5-3-4-6-14(13)12-15/h3-8,12H,2,9-11H2,1H3. The molecule has 0 radical (unpaired) electrons. The summed E-state index contributed by atoms with van der Waals surface area (Å²) < 4.78 is 4.96. The first-order valence-corrected chi connectivity index (χ1v) is 6.88. The van der Waals surface area contributed by atoms with Crippen LogP contribution in [0.15, 0.2) is 42.5 Å². The highest BCUT2D eigenvalue weighted by molar-refractivity contribution is 6.00. The van der Waals surface area contributed by atoms with Crippen molar-refractivity contribution in [3.05, 3.63) is 48.0 Å². The molecular weight excluding hydrogens is 252 g/mol. The van der Waals surface area contributed by atoms with E-state index in [4.69, 9.17) is 4.74 Å². The SMILES string of the molecule is CCCOC(=O)CCC(=O)c1ccc2ccccc2c1. The van der Waals surface area contributed by atoms with Crippen molar-refractivity contribution in [3.63, 3.8) is 0 Å². The minimum atomic E-state index is -0.305. The Morgan fingerprint density at radius 3 is 2.50 bits per heavy atom. The van der Waals surface area contributed by atoms with E-state index in [0.717, 1.165) is 17.2 Å². The second-order valence-corrected chi connectivity index (χ2v) is 4.71. The maximum absolute atomic E-state index is 12.1. The number of hydrogen-bond acceptors (Lipinski definition) is 3. The smallest absolute Gasteiger partial charge is 0.306 e. The fourth-order valence-corrected chi connectivity index (χ4v) is 2.01. The molecule has 0 fully saturated rings. The molecule has 20 heavy (non-hydrogen) atoms. The molecule has 0 unspecified atom stereocenters. The third-order valence-electron chi connectivity index (χ3n) is 3.09. The van der Waals surface area contributed by atoms with Crippen molar-refractivity contribution in [1.82, 2.24) is 0 Å². The molecule has 0 aliphatic heterocycles. The molecule has 3 heteroatoms. The van der Waals surface area contributed by atoms with Crippen LogP contribution in [0.25, 0.3) is 10.8 Å². The largest absolute Gasteiger partial charge is 0.466 e. The lowest BCUT2D eigenvalue weighted by Gasteiger charge is -2.04. The summed E-state index contributed by atoms with van der Waals surface area (Å²) in [6.45, 7) is 2.36. The Labute approximate surface area is 118 Å². The van der Waals surface area contributed by atoms with Crippen LogP contribution in [-0.4, -0.2) is 18.4 Å². The number of rotatable bonds is 6. The molecule has 2 aromatic carbocycles. The molecule has 104 valence electrons. The molecule has 3 nitrogen and oxygen atoms in total. The van der Waals surface area contributed by atoms with Gasteiger partial charge in [0.15, 0.2) is 5.78 Å². The zero-order valence-electron chi connectivity index (χ0n) is 11.6. The molecule has 0 atom stereocenters. The lowest BCUT2D eigenvalue weighted by atomic mass is 10.0. The molecule has 0 N–H and O–H groups in total. The molecule has 2 rings (SSSR count). The fourth-order valence-electron chi connectivity index (χ4n) is 2.01. The maximum atomic E-state index is 12.1. The van der Waals surface area contributed by atoms with Gasteiger partial charge in [-0.15, -0.1) is 0 Å². The predicted octanol–water partition coefficient (Wildman–Crippen LogP) is 3.76. The average molecular weight is 270 g/mol. The third-order valence-corrected chi connectivity index (χ3v) is 3.09. The van der Waals surface area contributed by atoms with Gasteiger partial charge in [-0.25, -0.2) is 0 Å². The van der Waals surface area contributed by atoms with Gasteiger partial charge < -0.3 is 4.74 Å². The van der Waals surface area contributed by atoms with Crippen LogP contribution in [0.4, 0.5) is 0 Å². The van der Waals surface area contributed by atoms with E-state index in [2.05, 4.69) is 0 Å². The van der Waals surface area contributed by atoms with Crippen LogP contribution in [0.1, 0.15) is 36.5 Å². The van der Waals surface area contributed by atoms with E-state index >= 15 is 0 Å². The maximum Gasteiger partial charge on any atom is 0.306 e. The summed E-state index contributed by atoms with van der Waals surface area (Å²) in [5, 5.41) is 2.14. The van der Waals surface area contributed by atoms with Gasteiger partial charge in [0.05, 0.1) is 13.0 Å². The number of esters is 1. The zero-order chi connectivity index (χ0) is 14.4. The Morgan fingerprint density at radius 2 is 1.75 bits per heavy atom. The van der Waals surface area contributed by atoms with Gasteiger partial charge in [-0.1, -0.05) is 43.3 Å². The van der Waals surface area contributed by atoms with E-state index in [1.165, 1.54) is 0 Å². The lowest BCUT2D eigenvalue weighted by Crippen LogP contribution is -2.08. The summed E-state index contributed by atoms with van der Waals surface area (Å²) in [6, 6.07) is 13.5. The van der Waals surface area contributed by atoms with Crippen molar-refractivity contribution in [2.24, 2.45) is 0 Å². The van der Waals surface area contributed by atoms with Crippen molar-refractivity contribution in [2.75, 3.05) is 6.61 Å². The summed E-state index contributed by atoms with van der Waals surface area (Å²) >= 11 is 0. The first-order chi connectivity index (χ1) is 9.70. The molecule has 0 spiro atoms. The number of ether oxygens (including phenoxy) is 1. The number of fused-ring (bicyclic) bond motifs is 1. The van der Waals surface area contributed by atoms with Gasteiger partial charge in [0.25, 0.3) is 0 Å². The second kappa shape index (κ2) is 6.85. The predicted molar refractivity (Wildman–Crippen MR) is 78.8 cm³/mol. The first-order valence-electron chi connectivity index (χ1n) is 6.88. The van der Waals surface area contributed by atoms with E-state index < -0.39 is 0 Å². The Morgan fingerprint density at radius 1 is 1.00 bits per heavy atom. The molecular formula is C17H18O3. The molecule has 0 bridgehead atoms. The summed E-state index contributed by atoms with van der Waals surface area (Å²) in [4.78, 5) is 23.4. The molecule has 0 aliphatic rings. The van der Waals surface area contributed by atoms with Crippen LogP contribution in [0.3, 0.4) is 0 Å². The molecule has 0 saturated heterocycles. The Hall–Kier alpha value is -2.16. The molecule has 2 aromatic rings. The van der Waals surface area contributed by atoms with Crippen molar-refractivity contribution in [1.29, 1.82) is 0 Å². The van der Waals surface area contributed by atoms with E-state index in [9.17, 15) is 9.59 Å². The van der Waals surface area contributed by atoms with E-state index in [1.54, 1.807) is 0 Å². The highest BCUT2D eigenvalue weighted by atomic mass is 16.5. The van der Waals surface area contributed by atoms with Crippen LogP contribution in [0.2, 0.25) is 0 Å². The van der Waals surface area contributed by atoms with Gasteiger partial charge >= 0.3 is 5.97 Å². The summed E-state index contributed by atoms with van der Waals surface area (Å²) in [5.74, 6) is -0.329. The Balaban J connectivity index is 1.99. The number of Topliss-reactive ketones (excluding diaryl/α,β-unsaturated/α-hetero) is 1. The fraction of sp³-hybridized carbons (Fsp3) is 0.294. The molecule has 0 aromatic heterocycles. The van der Waals surface area contributed by atoms with Crippen LogP contribution >= 0.6 is 0 Å². The van der Waals surface area contributed by atoms with E-state index in [1.807, 2.05) is 49.4 Å². The normalized spacial score (nSPS) is 10.4. The highest BCUT2D eigenvalue weighted by Gasteiger charge is 2.10. The van der Waals surface area contributed by atoms with Gasteiger partial charge in [0, 0.05) is 12.0 Å². The first kappa shape index (κ1) is 14.3. The molecule has 0 aliphatic carbocycles. The molecule has 0 amide bonds. The minimum absolute atomic E-state index is 0.0239.